The van der Waals surface area contributed by atoms with Crippen molar-refractivity contribution in [1.29, 1.82) is 0 Å². The third-order valence-electron chi connectivity index (χ3n) is 4.71. The minimum atomic E-state index is 0.0401. The van der Waals surface area contributed by atoms with Gasteiger partial charge in [-0.2, -0.15) is 0 Å². The van der Waals surface area contributed by atoms with Crippen molar-refractivity contribution in [3.8, 4) is 5.69 Å². The van der Waals surface area contributed by atoms with Gasteiger partial charge in [-0.25, -0.2) is 0 Å². The van der Waals surface area contributed by atoms with Gasteiger partial charge in [0.1, 0.15) is 6.33 Å². The second-order valence-corrected chi connectivity index (χ2v) is 8.35. The Labute approximate surface area is 190 Å². The molecule has 4 rings (SSSR count). The Morgan fingerprint density at radius 1 is 0.903 bits per heavy atom. The third-order valence-corrected chi connectivity index (χ3v) is 5.88. The minimum Gasteiger partial charge on any atom is -0.333 e. The fourth-order valence-corrected chi connectivity index (χ4v) is 4.20. The Morgan fingerprint density at radius 2 is 1.55 bits per heavy atom. The topological polar surface area (TPSA) is 51.0 Å². The first-order valence-electron chi connectivity index (χ1n) is 9.83. The molecule has 0 saturated heterocycles. The van der Waals surface area contributed by atoms with E-state index < -0.39 is 0 Å². The van der Waals surface area contributed by atoms with Crippen LogP contribution < -0.4 is 0 Å². The maximum atomic E-state index is 13.2. The molecule has 4 aromatic rings. The zero-order valence-corrected chi connectivity index (χ0v) is 18.3. The van der Waals surface area contributed by atoms with Gasteiger partial charge >= 0.3 is 0 Å². The number of hydrogen-bond acceptors (Lipinski definition) is 4. The van der Waals surface area contributed by atoms with Crippen LogP contribution in [0.3, 0.4) is 0 Å². The van der Waals surface area contributed by atoms with Gasteiger partial charge in [-0.05, 0) is 29.3 Å². The number of aromatic nitrogens is 3. The van der Waals surface area contributed by atoms with E-state index in [1.807, 2.05) is 94.4 Å². The molecule has 0 bridgehead atoms. The Balaban J connectivity index is 1.48. The van der Waals surface area contributed by atoms with Gasteiger partial charge in [-0.1, -0.05) is 90.1 Å². The molecule has 5 nitrogen and oxygen atoms in total. The number of benzene rings is 3. The van der Waals surface area contributed by atoms with Crippen molar-refractivity contribution < 1.29 is 4.79 Å². The summed E-state index contributed by atoms with van der Waals surface area (Å²) in [4.78, 5) is 15.0. The van der Waals surface area contributed by atoms with Crippen molar-refractivity contribution in [3.63, 3.8) is 0 Å². The first kappa shape index (κ1) is 21.2. The highest BCUT2D eigenvalue weighted by atomic mass is 35.5. The standard InChI is InChI=1S/C24H21ClN4OS/c25-21-12-7-13-22(14-21)29-18-26-27-24(29)31-17-23(30)28(15-19-8-3-1-4-9-19)16-20-10-5-2-6-11-20/h1-14,18H,15-17H2. The summed E-state index contributed by atoms with van der Waals surface area (Å²) in [6.45, 7) is 1.10. The zero-order chi connectivity index (χ0) is 21.5. The molecule has 0 aliphatic heterocycles. The van der Waals surface area contributed by atoms with Gasteiger partial charge in [-0.3, -0.25) is 9.36 Å². The lowest BCUT2D eigenvalue weighted by Crippen LogP contribution is -2.31. The maximum Gasteiger partial charge on any atom is 0.233 e. The predicted octanol–water partition coefficient (Wildman–Crippen LogP) is 5.24. The normalized spacial score (nSPS) is 10.7. The Kier molecular flexibility index (Phi) is 7.02. The lowest BCUT2D eigenvalue weighted by molar-refractivity contribution is -0.129. The third kappa shape index (κ3) is 5.75. The quantitative estimate of drug-likeness (QED) is 0.346. The number of carbonyl (C=O) groups excluding carboxylic acids is 1. The van der Waals surface area contributed by atoms with Crippen LogP contribution >= 0.6 is 23.4 Å². The van der Waals surface area contributed by atoms with Gasteiger partial charge in [0.15, 0.2) is 5.16 Å². The molecule has 0 saturated carbocycles. The summed E-state index contributed by atoms with van der Waals surface area (Å²) in [7, 11) is 0. The predicted molar refractivity (Wildman–Crippen MR) is 124 cm³/mol. The van der Waals surface area contributed by atoms with Crippen LogP contribution in [0.1, 0.15) is 11.1 Å². The highest BCUT2D eigenvalue weighted by Gasteiger charge is 2.17. The molecule has 0 unspecified atom stereocenters. The van der Waals surface area contributed by atoms with Crippen molar-refractivity contribution in [2.24, 2.45) is 0 Å². The van der Waals surface area contributed by atoms with E-state index in [2.05, 4.69) is 10.2 Å². The van der Waals surface area contributed by atoms with E-state index in [1.54, 1.807) is 6.33 Å². The molecule has 156 valence electrons. The molecule has 0 spiro atoms. The average Bonchev–Trinajstić information content (AvgIpc) is 3.27. The summed E-state index contributed by atoms with van der Waals surface area (Å²) in [5.74, 6) is 0.303. The van der Waals surface area contributed by atoms with Gasteiger partial charge in [0.2, 0.25) is 5.91 Å². The molecular formula is C24H21ClN4OS. The van der Waals surface area contributed by atoms with E-state index in [1.165, 1.54) is 11.8 Å². The van der Waals surface area contributed by atoms with Crippen LogP contribution in [-0.4, -0.2) is 31.3 Å². The lowest BCUT2D eigenvalue weighted by Gasteiger charge is -2.23. The van der Waals surface area contributed by atoms with E-state index in [4.69, 9.17) is 11.6 Å². The highest BCUT2D eigenvalue weighted by Crippen LogP contribution is 2.22. The molecule has 7 heteroatoms. The van der Waals surface area contributed by atoms with Crippen LogP contribution in [0.4, 0.5) is 0 Å². The summed E-state index contributed by atoms with van der Waals surface area (Å²) in [5, 5.41) is 9.48. The fourth-order valence-electron chi connectivity index (χ4n) is 3.18. The summed E-state index contributed by atoms with van der Waals surface area (Å²) in [6, 6.07) is 27.5. The minimum absolute atomic E-state index is 0.0401. The fraction of sp³-hybridized carbons (Fsp3) is 0.125. The molecule has 1 heterocycles. The van der Waals surface area contributed by atoms with Crippen molar-refractivity contribution in [3.05, 3.63) is 107 Å². The van der Waals surface area contributed by atoms with Gasteiger partial charge in [0, 0.05) is 18.1 Å². The summed E-state index contributed by atoms with van der Waals surface area (Å²) < 4.78 is 1.84. The molecule has 0 aliphatic rings. The molecular weight excluding hydrogens is 428 g/mol. The number of halogens is 1. The van der Waals surface area contributed by atoms with Crippen molar-refractivity contribution in [2.45, 2.75) is 18.2 Å². The number of thioether (sulfide) groups is 1. The molecule has 3 aromatic carbocycles. The highest BCUT2D eigenvalue weighted by molar-refractivity contribution is 7.99. The molecule has 0 atom stereocenters. The Morgan fingerprint density at radius 3 is 2.16 bits per heavy atom. The molecule has 0 fully saturated rings. The molecule has 31 heavy (non-hydrogen) atoms. The zero-order valence-electron chi connectivity index (χ0n) is 16.8. The SMILES string of the molecule is O=C(CSc1nncn1-c1cccc(Cl)c1)N(Cc1ccccc1)Cc1ccccc1. The number of amides is 1. The average molecular weight is 449 g/mol. The molecule has 0 N–H and O–H groups in total. The first-order valence-corrected chi connectivity index (χ1v) is 11.2. The molecule has 0 aliphatic carbocycles. The summed E-state index contributed by atoms with van der Waals surface area (Å²) >= 11 is 7.48. The summed E-state index contributed by atoms with van der Waals surface area (Å²) in [5.41, 5.74) is 3.05. The van der Waals surface area contributed by atoms with E-state index in [0.717, 1.165) is 16.8 Å². The van der Waals surface area contributed by atoms with Crippen molar-refractivity contribution in [1.82, 2.24) is 19.7 Å². The van der Waals surface area contributed by atoms with Crippen LogP contribution in [0.15, 0.2) is 96.4 Å². The summed E-state index contributed by atoms with van der Waals surface area (Å²) in [6.07, 6.45) is 1.63. The van der Waals surface area contributed by atoms with Crippen LogP contribution in [0.5, 0.6) is 0 Å². The second kappa shape index (κ2) is 10.3. The van der Waals surface area contributed by atoms with Crippen LogP contribution in [0.25, 0.3) is 5.69 Å². The lowest BCUT2D eigenvalue weighted by atomic mass is 10.1. The van der Waals surface area contributed by atoms with Crippen molar-refractivity contribution in [2.75, 3.05) is 5.75 Å². The second-order valence-electron chi connectivity index (χ2n) is 6.97. The largest absolute Gasteiger partial charge is 0.333 e. The van der Waals surface area contributed by atoms with E-state index in [-0.39, 0.29) is 11.7 Å². The van der Waals surface area contributed by atoms with Gasteiger partial charge in [0.05, 0.1) is 11.4 Å². The number of rotatable bonds is 8. The number of nitrogens with zero attached hydrogens (tertiary/aromatic N) is 4. The van der Waals surface area contributed by atoms with E-state index >= 15 is 0 Å². The molecule has 1 aromatic heterocycles. The van der Waals surface area contributed by atoms with Gasteiger partial charge in [-0.15, -0.1) is 10.2 Å². The van der Waals surface area contributed by atoms with Crippen LogP contribution in [-0.2, 0) is 17.9 Å². The van der Waals surface area contributed by atoms with E-state index in [0.29, 0.717) is 23.3 Å². The molecule has 1 amide bonds. The number of carbonyl (C=O) groups is 1. The number of hydrogen-bond donors (Lipinski definition) is 0. The monoisotopic (exact) mass is 448 g/mol. The van der Waals surface area contributed by atoms with Crippen molar-refractivity contribution >= 4 is 29.3 Å². The smallest absolute Gasteiger partial charge is 0.233 e. The maximum absolute atomic E-state index is 13.2. The Hall–Kier alpha value is -3.09. The van der Waals surface area contributed by atoms with Crippen LogP contribution in [0.2, 0.25) is 5.02 Å². The van der Waals surface area contributed by atoms with E-state index in [9.17, 15) is 4.79 Å². The molecule has 0 radical (unpaired) electrons. The van der Waals surface area contributed by atoms with Gasteiger partial charge in [0.25, 0.3) is 0 Å². The Bertz CT molecular complexity index is 1090. The first-order chi connectivity index (χ1) is 15.2. The van der Waals surface area contributed by atoms with Crippen LogP contribution in [0, 0.1) is 0 Å². The van der Waals surface area contributed by atoms with Gasteiger partial charge < -0.3 is 4.90 Å².